The molecule has 2 aliphatic heterocycles. The van der Waals surface area contributed by atoms with E-state index in [1.165, 1.54) is 13.3 Å². The molecule has 2 aromatic rings. The van der Waals surface area contributed by atoms with Gasteiger partial charge in [0.15, 0.2) is 11.5 Å². The van der Waals surface area contributed by atoms with Crippen LogP contribution in [0, 0.1) is 0 Å². The lowest BCUT2D eigenvalue weighted by molar-refractivity contribution is 0.0488. The monoisotopic (exact) mass is 524 g/mol. The number of guanidine groups is 1. The average molecular weight is 525 g/mol. The lowest BCUT2D eigenvalue weighted by Crippen LogP contribution is -2.47. The minimum absolute atomic E-state index is 0.253. The van der Waals surface area contributed by atoms with Crippen LogP contribution < -0.4 is 20.1 Å². The summed E-state index contributed by atoms with van der Waals surface area (Å²) in [6.07, 6.45) is 2.61. The first-order valence-electron chi connectivity index (χ1n) is 12.3. The smallest absolute Gasteiger partial charge is 0.407 e. The first-order chi connectivity index (χ1) is 18.3. The first-order valence-corrected chi connectivity index (χ1v) is 12.3. The van der Waals surface area contributed by atoms with Gasteiger partial charge in [0.05, 0.1) is 32.4 Å². The predicted molar refractivity (Wildman–Crippen MR) is 140 cm³/mol. The van der Waals surface area contributed by atoms with Crippen LogP contribution in [0.1, 0.15) is 36.7 Å². The number of carbonyl (C=O) groups is 2. The van der Waals surface area contributed by atoms with Gasteiger partial charge in [-0.15, -0.1) is 0 Å². The number of aromatic nitrogens is 1. The maximum Gasteiger partial charge on any atom is 0.407 e. The van der Waals surface area contributed by atoms with Crippen LogP contribution in [0.25, 0.3) is 0 Å². The quantitative estimate of drug-likeness (QED) is 0.478. The van der Waals surface area contributed by atoms with E-state index in [1.807, 2.05) is 11.0 Å². The molecule has 12 nitrogen and oxygen atoms in total. The molecule has 0 saturated heterocycles. The van der Waals surface area contributed by atoms with E-state index < -0.39 is 11.7 Å². The number of pyridine rings is 1. The Morgan fingerprint density at radius 1 is 1.13 bits per heavy atom. The number of nitrogens with one attached hydrogen (secondary N) is 2. The molecular formula is C26H32N6O6. The van der Waals surface area contributed by atoms with E-state index in [2.05, 4.69) is 20.6 Å². The second-order valence-corrected chi connectivity index (χ2v) is 9.37. The topological polar surface area (TPSA) is 136 Å². The molecule has 3 heterocycles. The molecule has 0 radical (unpaired) electrons. The number of benzene rings is 1. The molecule has 1 aromatic heterocycles. The molecule has 2 amide bonds. The number of amides is 2. The van der Waals surface area contributed by atoms with E-state index in [4.69, 9.17) is 23.9 Å². The van der Waals surface area contributed by atoms with Crippen LogP contribution in [-0.4, -0.2) is 85.8 Å². The minimum atomic E-state index is -0.550. The minimum Gasteiger partial charge on any atom is -0.491 e. The van der Waals surface area contributed by atoms with Crippen LogP contribution in [0.2, 0.25) is 0 Å². The zero-order chi connectivity index (χ0) is 27.1. The molecule has 1 aromatic carbocycles. The number of ether oxygens (including phenoxy) is 4. The third kappa shape index (κ3) is 6.57. The summed E-state index contributed by atoms with van der Waals surface area (Å²) < 4.78 is 22.3. The molecular weight excluding hydrogens is 492 g/mol. The van der Waals surface area contributed by atoms with Crippen LogP contribution in [0.15, 0.2) is 46.6 Å². The van der Waals surface area contributed by atoms with Crippen molar-refractivity contribution in [2.24, 2.45) is 9.98 Å². The van der Waals surface area contributed by atoms with Gasteiger partial charge in [0.25, 0.3) is 5.91 Å². The summed E-state index contributed by atoms with van der Waals surface area (Å²) in [7, 11) is 1.54. The highest BCUT2D eigenvalue weighted by molar-refractivity contribution is 6.20. The van der Waals surface area contributed by atoms with Crippen molar-refractivity contribution in [3.05, 3.63) is 47.8 Å². The molecule has 38 heavy (non-hydrogen) atoms. The Bertz CT molecular complexity index is 1220. The van der Waals surface area contributed by atoms with Crippen molar-refractivity contribution < 1.29 is 28.5 Å². The number of hydrogen-bond donors (Lipinski definition) is 2. The Hall–Kier alpha value is -4.19. The zero-order valence-corrected chi connectivity index (χ0v) is 21.9. The zero-order valence-electron chi connectivity index (χ0n) is 21.9. The first kappa shape index (κ1) is 26.9. The average Bonchev–Trinajstić information content (AvgIpc) is 3.38. The fraction of sp³-hybridized carbons (Fsp3) is 0.423. The fourth-order valence-corrected chi connectivity index (χ4v) is 3.82. The summed E-state index contributed by atoms with van der Waals surface area (Å²) >= 11 is 0. The summed E-state index contributed by atoms with van der Waals surface area (Å²) in [6, 6.07) is 7.05. The van der Waals surface area contributed by atoms with E-state index in [0.29, 0.717) is 67.4 Å². The van der Waals surface area contributed by atoms with Crippen molar-refractivity contribution in [2.75, 3.05) is 46.6 Å². The largest absolute Gasteiger partial charge is 0.491 e. The number of carbonyl (C=O) groups excluding carboxylic acids is 2. The van der Waals surface area contributed by atoms with Gasteiger partial charge in [-0.3, -0.25) is 25.0 Å². The molecule has 0 bridgehead atoms. The number of aliphatic imine (C=N–C) groups is 2. The molecule has 2 aliphatic rings. The lowest BCUT2D eigenvalue weighted by Gasteiger charge is -2.28. The molecule has 12 heteroatoms. The Kier molecular flexibility index (Phi) is 8.41. The number of nitrogens with zero attached hydrogens (tertiary/aromatic N) is 4. The number of fused-ring (bicyclic) bond motifs is 3. The highest BCUT2D eigenvalue weighted by Crippen LogP contribution is 2.43. The van der Waals surface area contributed by atoms with Gasteiger partial charge in [-0.25, -0.2) is 9.79 Å². The van der Waals surface area contributed by atoms with Crippen LogP contribution >= 0.6 is 0 Å². The van der Waals surface area contributed by atoms with E-state index in [-0.39, 0.29) is 12.5 Å². The molecule has 0 fully saturated rings. The van der Waals surface area contributed by atoms with Crippen molar-refractivity contribution in [1.29, 1.82) is 0 Å². The highest BCUT2D eigenvalue weighted by atomic mass is 16.6. The van der Waals surface area contributed by atoms with Crippen molar-refractivity contribution in [3.63, 3.8) is 0 Å². The highest BCUT2D eigenvalue weighted by Gasteiger charge is 2.33. The van der Waals surface area contributed by atoms with Crippen LogP contribution in [0.3, 0.4) is 0 Å². The van der Waals surface area contributed by atoms with E-state index >= 15 is 0 Å². The summed E-state index contributed by atoms with van der Waals surface area (Å²) in [5.41, 5.74) is 1.18. The van der Waals surface area contributed by atoms with E-state index in [1.54, 1.807) is 45.2 Å². The second kappa shape index (κ2) is 11.9. The third-order valence-electron chi connectivity index (χ3n) is 5.40. The normalized spacial score (nSPS) is 14.1. The van der Waals surface area contributed by atoms with Gasteiger partial charge in [0.1, 0.15) is 23.7 Å². The van der Waals surface area contributed by atoms with Crippen molar-refractivity contribution in [1.82, 2.24) is 20.5 Å². The van der Waals surface area contributed by atoms with Crippen molar-refractivity contribution >= 4 is 29.5 Å². The van der Waals surface area contributed by atoms with Gasteiger partial charge < -0.3 is 24.3 Å². The van der Waals surface area contributed by atoms with Gasteiger partial charge in [-0.2, -0.15) is 0 Å². The maximum absolute atomic E-state index is 12.8. The molecule has 0 aliphatic carbocycles. The van der Waals surface area contributed by atoms with Gasteiger partial charge >= 0.3 is 6.09 Å². The Labute approximate surface area is 221 Å². The van der Waals surface area contributed by atoms with Gasteiger partial charge in [-0.1, -0.05) is 0 Å². The maximum atomic E-state index is 12.8. The van der Waals surface area contributed by atoms with Crippen LogP contribution in [0.5, 0.6) is 11.5 Å². The van der Waals surface area contributed by atoms with Gasteiger partial charge in [0, 0.05) is 31.0 Å². The van der Waals surface area contributed by atoms with Crippen molar-refractivity contribution in [2.45, 2.75) is 26.4 Å². The number of alkyl carbamates (subject to hydrolysis) is 1. The van der Waals surface area contributed by atoms with E-state index in [9.17, 15) is 9.59 Å². The van der Waals surface area contributed by atoms with Gasteiger partial charge in [-0.05, 0) is 45.0 Å². The Balaban J connectivity index is 1.38. The third-order valence-corrected chi connectivity index (χ3v) is 5.40. The predicted octanol–water partition coefficient (Wildman–Crippen LogP) is 2.50. The number of hydrogen-bond acceptors (Lipinski definition) is 10. The standard InChI is InChI=1S/C26H32N6O6/c1-26(2,3)38-25(34)29-11-13-36-14-15-37-19-8-7-18-20(21(19)35-4)30-24(32-12-10-28-22(18)32)31-23(33)17-6-5-9-27-16-17/h5-9,16H,10-15H2,1-4H3,(H,29,34)(H,30,31,33). The van der Waals surface area contributed by atoms with Crippen molar-refractivity contribution in [3.8, 4) is 11.5 Å². The summed E-state index contributed by atoms with van der Waals surface area (Å²) in [4.78, 5) is 39.7. The van der Waals surface area contributed by atoms with Crippen LogP contribution in [-0.2, 0) is 9.47 Å². The molecule has 0 spiro atoms. The Morgan fingerprint density at radius 2 is 1.97 bits per heavy atom. The SMILES string of the molecule is COc1c(OCCOCCNC(=O)OC(C)(C)C)ccc2c1N=C(NC(=O)c1cccnc1)N1CCN=C21. The second-order valence-electron chi connectivity index (χ2n) is 9.37. The Morgan fingerprint density at radius 3 is 2.71 bits per heavy atom. The molecule has 0 saturated carbocycles. The number of amidine groups is 1. The lowest BCUT2D eigenvalue weighted by atomic mass is 10.1. The van der Waals surface area contributed by atoms with Gasteiger partial charge in [0.2, 0.25) is 5.96 Å². The molecule has 0 unspecified atom stereocenters. The molecule has 202 valence electrons. The summed E-state index contributed by atoms with van der Waals surface area (Å²) in [5.74, 6) is 1.66. The number of rotatable bonds is 9. The molecule has 2 N–H and O–H groups in total. The summed E-state index contributed by atoms with van der Waals surface area (Å²) in [5, 5.41) is 5.51. The van der Waals surface area contributed by atoms with Crippen LogP contribution in [0.4, 0.5) is 10.5 Å². The fourth-order valence-electron chi connectivity index (χ4n) is 3.82. The molecule has 4 rings (SSSR count). The van der Waals surface area contributed by atoms with E-state index in [0.717, 1.165) is 5.56 Å². The number of methoxy groups -OCH3 is 1. The molecule has 0 atom stereocenters. The summed E-state index contributed by atoms with van der Waals surface area (Å²) in [6.45, 7) is 7.77.